The number of anilines is 1. The maximum Gasteiger partial charge on any atom is 0.289 e. The van der Waals surface area contributed by atoms with Gasteiger partial charge in [0, 0.05) is 38.4 Å². The second-order valence-corrected chi connectivity index (χ2v) is 13.8. The van der Waals surface area contributed by atoms with E-state index in [1.807, 2.05) is 43.3 Å². The van der Waals surface area contributed by atoms with Crippen molar-refractivity contribution in [3.8, 4) is 11.1 Å². The molecule has 41 heavy (non-hydrogen) atoms. The SMILES string of the molecule is CCCS(=O)(=O)c1c(S(=O)(=O)CCC)c2cc(-c3ccncc3)ccn2c1C(=O)N/N=C\c1ccc(N(C)C)cc1. The van der Waals surface area contributed by atoms with Gasteiger partial charge in [-0.3, -0.25) is 9.78 Å². The molecule has 4 aromatic rings. The molecule has 0 aliphatic rings. The lowest BCUT2D eigenvalue weighted by molar-refractivity contribution is 0.0945. The van der Waals surface area contributed by atoms with Crippen molar-refractivity contribution in [2.75, 3.05) is 30.5 Å². The Morgan fingerprint density at radius 3 is 2.10 bits per heavy atom. The standard InChI is InChI=1S/C29H33N5O5S2/c1-5-17-40(36,37)27-25-19-23(22-11-14-30-15-12-22)13-16-34(25)26(28(27)41(38,39)18-6-2)29(35)32-31-20-21-7-9-24(10-8-21)33(3)4/h7-16,19-20H,5-6,17-18H2,1-4H3,(H,32,35)/b31-20-. The minimum Gasteiger partial charge on any atom is -0.378 e. The van der Waals surface area contributed by atoms with Crippen LogP contribution in [0.25, 0.3) is 16.6 Å². The van der Waals surface area contributed by atoms with E-state index in [9.17, 15) is 21.6 Å². The third kappa shape index (κ3) is 6.33. The van der Waals surface area contributed by atoms with Gasteiger partial charge in [0.15, 0.2) is 19.7 Å². The van der Waals surface area contributed by atoms with E-state index < -0.39 is 30.5 Å². The number of hydrogen-bond acceptors (Lipinski definition) is 8. The number of sulfone groups is 2. The maximum absolute atomic E-state index is 13.6. The number of hydrazone groups is 1. The first-order chi connectivity index (χ1) is 19.5. The monoisotopic (exact) mass is 595 g/mol. The second kappa shape index (κ2) is 12.2. The molecule has 1 N–H and O–H groups in total. The molecule has 0 spiro atoms. The molecule has 0 aliphatic carbocycles. The average Bonchev–Trinajstić information content (AvgIpc) is 3.30. The highest BCUT2D eigenvalue weighted by Crippen LogP contribution is 2.36. The summed E-state index contributed by atoms with van der Waals surface area (Å²) in [5, 5.41) is 4.04. The third-order valence-electron chi connectivity index (χ3n) is 6.44. The summed E-state index contributed by atoms with van der Waals surface area (Å²) in [6.45, 7) is 3.38. The fraction of sp³-hybridized carbons (Fsp3) is 0.276. The van der Waals surface area contributed by atoms with Crippen LogP contribution in [0.15, 0.2) is 82.0 Å². The Labute approximate surface area is 240 Å². The summed E-state index contributed by atoms with van der Waals surface area (Å²) in [4.78, 5) is 18.7. The van der Waals surface area contributed by atoms with Crippen molar-refractivity contribution < 1.29 is 21.6 Å². The summed E-state index contributed by atoms with van der Waals surface area (Å²) in [5.41, 5.74) is 5.32. The van der Waals surface area contributed by atoms with Crippen molar-refractivity contribution in [3.05, 3.63) is 78.4 Å². The van der Waals surface area contributed by atoms with Gasteiger partial charge in [-0.25, -0.2) is 22.3 Å². The number of carbonyl (C=O) groups excluding carboxylic acids is 1. The van der Waals surface area contributed by atoms with Gasteiger partial charge in [-0.2, -0.15) is 5.10 Å². The molecule has 3 heterocycles. The number of rotatable bonds is 11. The summed E-state index contributed by atoms with van der Waals surface area (Å²) in [6.07, 6.45) is 6.67. The number of aromatic nitrogens is 2. The van der Waals surface area contributed by atoms with Crippen LogP contribution in [0, 0.1) is 0 Å². The van der Waals surface area contributed by atoms with E-state index in [2.05, 4.69) is 15.5 Å². The van der Waals surface area contributed by atoms with Gasteiger partial charge in [0.1, 0.15) is 15.5 Å². The molecule has 12 heteroatoms. The van der Waals surface area contributed by atoms with Crippen LogP contribution in [0.4, 0.5) is 5.69 Å². The Morgan fingerprint density at radius 1 is 0.902 bits per heavy atom. The first-order valence-electron chi connectivity index (χ1n) is 13.1. The molecule has 4 rings (SSSR count). The smallest absolute Gasteiger partial charge is 0.289 e. The number of benzene rings is 1. The largest absolute Gasteiger partial charge is 0.378 e. The van der Waals surface area contributed by atoms with Crippen LogP contribution in [-0.4, -0.2) is 63.9 Å². The quantitative estimate of drug-likeness (QED) is 0.203. The molecule has 0 aliphatic heterocycles. The lowest BCUT2D eigenvalue weighted by atomic mass is 10.1. The fourth-order valence-electron chi connectivity index (χ4n) is 4.55. The van der Waals surface area contributed by atoms with Crippen LogP contribution in [0.5, 0.6) is 0 Å². The zero-order chi connectivity index (χ0) is 29.8. The number of nitrogens with zero attached hydrogens (tertiary/aromatic N) is 4. The molecule has 0 fully saturated rings. The van der Waals surface area contributed by atoms with Gasteiger partial charge >= 0.3 is 0 Å². The molecule has 0 unspecified atom stereocenters. The van der Waals surface area contributed by atoms with Crippen molar-refractivity contribution >= 4 is 43.0 Å². The fourth-order valence-corrected chi connectivity index (χ4v) is 8.52. The van der Waals surface area contributed by atoms with E-state index in [4.69, 9.17) is 0 Å². The van der Waals surface area contributed by atoms with Crippen LogP contribution in [0.2, 0.25) is 0 Å². The molecule has 1 aromatic carbocycles. The summed E-state index contributed by atoms with van der Waals surface area (Å²) in [6, 6.07) is 14.2. The van der Waals surface area contributed by atoms with Crippen LogP contribution in [0.1, 0.15) is 42.7 Å². The van der Waals surface area contributed by atoms with Gasteiger partial charge in [-0.1, -0.05) is 26.0 Å². The first-order valence-corrected chi connectivity index (χ1v) is 16.5. The highest BCUT2D eigenvalue weighted by Gasteiger charge is 2.37. The Balaban J connectivity index is 1.91. The van der Waals surface area contributed by atoms with Crippen molar-refractivity contribution in [3.63, 3.8) is 0 Å². The van der Waals surface area contributed by atoms with Gasteiger partial charge in [0.25, 0.3) is 5.91 Å². The molecule has 216 valence electrons. The van der Waals surface area contributed by atoms with E-state index in [-0.39, 0.29) is 40.5 Å². The predicted molar refractivity (Wildman–Crippen MR) is 161 cm³/mol. The van der Waals surface area contributed by atoms with Crippen molar-refractivity contribution in [2.24, 2.45) is 5.10 Å². The van der Waals surface area contributed by atoms with E-state index in [0.29, 0.717) is 11.1 Å². The molecular formula is C29H33N5O5S2. The zero-order valence-corrected chi connectivity index (χ0v) is 25.0. The van der Waals surface area contributed by atoms with Gasteiger partial charge in [0.05, 0.1) is 23.2 Å². The van der Waals surface area contributed by atoms with E-state index in [1.165, 1.54) is 16.8 Å². The number of carbonyl (C=O) groups is 1. The van der Waals surface area contributed by atoms with Gasteiger partial charge in [-0.05, 0) is 65.9 Å². The number of fused-ring (bicyclic) bond motifs is 1. The van der Waals surface area contributed by atoms with E-state index >= 15 is 0 Å². The van der Waals surface area contributed by atoms with Crippen molar-refractivity contribution in [1.82, 2.24) is 14.8 Å². The minimum absolute atomic E-state index is 0.107. The molecule has 0 bridgehead atoms. The average molecular weight is 596 g/mol. The third-order valence-corrected chi connectivity index (χ3v) is 10.5. The van der Waals surface area contributed by atoms with Gasteiger partial charge in [0.2, 0.25) is 0 Å². The minimum atomic E-state index is -4.17. The summed E-state index contributed by atoms with van der Waals surface area (Å²) in [7, 11) is -4.42. The summed E-state index contributed by atoms with van der Waals surface area (Å²) >= 11 is 0. The molecule has 0 atom stereocenters. The topological polar surface area (TPSA) is 130 Å². The zero-order valence-electron chi connectivity index (χ0n) is 23.4. The first kappa shape index (κ1) is 29.9. The summed E-state index contributed by atoms with van der Waals surface area (Å²) < 4.78 is 55.8. The number of hydrogen-bond donors (Lipinski definition) is 1. The molecule has 0 saturated carbocycles. The summed E-state index contributed by atoms with van der Waals surface area (Å²) in [5.74, 6) is -1.44. The Bertz CT molecular complexity index is 1800. The van der Waals surface area contributed by atoms with Crippen LogP contribution >= 0.6 is 0 Å². The van der Waals surface area contributed by atoms with E-state index in [1.54, 1.807) is 50.5 Å². The number of pyridine rings is 2. The van der Waals surface area contributed by atoms with Crippen molar-refractivity contribution in [2.45, 2.75) is 36.5 Å². The Kier molecular flexibility index (Phi) is 8.93. The molecule has 1 amide bonds. The number of amides is 1. The van der Waals surface area contributed by atoms with Crippen LogP contribution in [0.3, 0.4) is 0 Å². The molecule has 10 nitrogen and oxygen atoms in total. The molecule has 0 saturated heterocycles. The second-order valence-electron chi connectivity index (χ2n) is 9.74. The predicted octanol–water partition coefficient (Wildman–Crippen LogP) is 4.20. The highest BCUT2D eigenvalue weighted by atomic mass is 32.2. The number of nitrogens with one attached hydrogen (secondary N) is 1. The van der Waals surface area contributed by atoms with Crippen molar-refractivity contribution in [1.29, 1.82) is 0 Å². The maximum atomic E-state index is 13.6. The lowest BCUT2D eigenvalue weighted by Crippen LogP contribution is -2.23. The van der Waals surface area contributed by atoms with Gasteiger partial charge in [-0.15, -0.1) is 0 Å². The Hall–Kier alpha value is -4.03. The highest BCUT2D eigenvalue weighted by molar-refractivity contribution is 7.94. The lowest BCUT2D eigenvalue weighted by Gasteiger charge is -2.11. The Morgan fingerprint density at radius 2 is 1.51 bits per heavy atom. The molecule has 3 aromatic heterocycles. The van der Waals surface area contributed by atoms with Gasteiger partial charge < -0.3 is 9.30 Å². The van der Waals surface area contributed by atoms with Crippen LogP contribution < -0.4 is 10.3 Å². The molecule has 0 radical (unpaired) electrons. The van der Waals surface area contributed by atoms with Crippen LogP contribution in [-0.2, 0) is 19.7 Å². The molecular weight excluding hydrogens is 562 g/mol. The van der Waals surface area contributed by atoms with E-state index in [0.717, 1.165) is 11.3 Å². The normalized spacial score (nSPS) is 12.2.